The van der Waals surface area contributed by atoms with Crippen LogP contribution in [0.2, 0.25) is 0 Å². The molecule has 7 heteroatoms. The topological polar surface area (TPSA) is 93.3 Å². The van der Waals surface area contributed by atoms with Crippen LogP contribution in [0.4, 0.5) is 0 Å². The normalized spacial score (nSPS) is 11.9. The van der Waals surface area contributed by atoms with Crippen molar-refractivity contribution in [1.82, 2.24) is 15.2 Å². The second kappa shape index (κ2) is 9.26. The van der Waals surface area contributed by atoms with Crippen LogP contribution in [-0.2, 0) is 6.54 Å². The Morgan fingerprint density at radius 3 is 2.13 bits per heavy atom. The number of furan rings is 1. The molecule has 3 rings (SSSR count). The van der Waals surface area contributed by atoms with Gasteiger partial charge < -0.3 is 19.6 Å². The smallest absolute Gasteiger partial charge is 0.257 e. The molecule has 2 amide bonds. The second-order valence-corrected chi connectivity index (χ2v) is 7.41. The molecule has 0 spiro atoms. The van der Waals surface area contributed by atoms with Crippen molar-refractivity contribution < 1.29 is 14.0 Å². The molecule has 0 aliphatic rings. The van der Waals surface area contributed by atoms with Gasteiger partial charge in [-0.3, -0.25) is 14.4 Å². The van der Waals surface area contributed by atoms with Gasteiger partial charge in [0.15, 0.2) is 0 Å². The first kappa shape index (κ1) is 21.1. The quantitative estimate of drug-likeness (QED) is 0.629. The Balaban J connectivity index is 1.97. The Bertz CT molecular complexity index is 1070. The molecule has 2 heterocycles. The third-order valence-corrected chi connectivity index (χ3v) is 4.51. The summed E-state index contributed by atoms with van der Waals surface area (Å²) in [7, 11) is 0. The summed E-state index contributed by atoms with van der Waals surface area (Å²) in [6.07, 6.45) is 4.48. The lowest BCUT2D eigenvalue weighted by Gasteiger charge is -2.15. The maximum Gasteiger partial charge on any atom is 0.257 e. The summed E-state index contributed by atoms with van der Waals surface area (Å²) in [5, 5.41) is 5.48. The van der Waals surface area contributed by atoms with E-state index in [-0.39, 0.29) is 17.2 Å². The van der Waals surface area contributed by atoms with Gasteiger partial charge in [-0.25, -0.2) is 0 Å². The molecule has 1 atom stereocenters. The lowest BCUT2D eigenvalue weighted by Crippen LogP contribution is -2.38. The van der Waals surface area contributed by atoms with Crippen LogP contribution in [0.5, 0.6) is 0 Å². The van der Waals surface area contributed by atoms with Crippen LogP contribution in [-0.4, -0.2) is 22.4 Å². The molecule has 0 bridgehead atoms. The van der Waals surface area contributed by atoms with Crippen molar-refractivity contribution in [2.24, 2.45) is 0 Å². The Morgan fingerprint density at radius 2 is 1.57 bits per heavy atom. The zero-order valence-corrected chi connectivity index (χ0v) is 17.2. The van der Waals surface area contributed by atoms with Crippen LogP contribution in [0.3, 0.4) is 0 Å². The number of carbonyl (C=O) groups is 2. The van der Waals surface area contributed by atoms with Crippen molar-refractivity contribution in [3.05, 3.63) is 93.8 Å². The third kappa shape index (κ3) is 5.05. The van der Waals surface area contributed by atoms with Gasteiger partial charge in [-0.2, -0.15) is 0 Å². The zero-order valence-electron chi connectivity index (χ0n) is 17.2. The van der Waals surface area contributed by atoms with Gasteiger partial charge in [0, 0.05) is 25.0 Å². The molecule has 0 fully saturated rings. The number of hydrogen-bond acceptors (Lipinski definition) is 4. The van der Waals surface area contributed by atoms with Crippen molar-refractivity contribution in [2.45, 2.75) is 39.4 Å². The van der Waals surface area contributed by atoms with Gasteiger partial charge >= 0.3 is 0 Å². The Hall–Kier alpha value is -3.61. The van der Waals surface area contributed by atoms with Crippen molar-refractivity contribution in [1.29, 1.82) is 0 Å². The minimum absolute atomic E-state index is 0.0714. The molecular formula is C23H25N3O4. The van der Waals surface area contributed by atoms with Crippen LogP contribution < -0.4 is 16.1 Å². The van der Waals surface area contributed by atoms with E-state index in [9.17, 15) is 14.4 Å². The first-order chi connectivity index (χ1) is 14.3. The van der Waals surface area contributed by atoms with Gasteiger partial charge in [-0.05, 0) is 38.5 Å². The Labute approximate surface area is 174 Å². The summed E-state index contributed by atoms with van der Waals surface area (Å²) < 4.78 is 6.99. The van der Waals surface area contributed by atoms with E-state index in [1.165, 1.54) is 18.7 Å². The fourth-order valence-electron chi connectivity index (χ4n) is 3.06. The standard InChI is InChI=1S/C23H25N3O4/c1-15(2)24-22(28)18-13-26(12-17-8-5-4-6-9-17)14-19(21(18)27)23(29)25-16(3)20-10-7-11-30-20/h4-11,13-16H,12H2,1-3H3,(H,24,28)(H,25,29)/t16-/m1/s1. The summed E-state index contributed by atoms with van der Waals surface area (Å²) in [5.41, 5.74) is 0.201. The lowest BCUT2D eigenvalue weighted by atomic mass is 10.1. The zero-order chi connectivity index (χ0) is 21.7. The molecular weight excluding hydrogens is 382 g/mol. The van der Waals surface area contributed by atoms with E-state index in [4.69, 9.17) is 4.42 Å². The van der Waals surface area contributed by atoms with Crippen LogP contribution in [0.15, 0.2) is 70.3 Å². The van der Waals surface area contributed by atoms with Gasteiger partial charge in [0.1, 0.15) is 16.9 Å². The van der Waals surface area contributed by atoms with Crippen LogP contribution >= 0.6 is 0 Å². The molecule has 0 aliphatic heterocycles. The molecule has 30 heavy (non-hydrogen) atoms. The summed E-state index contributed by atoms with van der Waals surface area (Å²) >= 11 is 0. The fourth-order valence-corrected chi connectivity index (χ4v) is 3.06. The molecule has 2 N–H and O–H groups in total. The largest absolute Gasteiger partial charge is 0.467 e. The molecule has 0 saturated carbocycles. The number of nitrogens with zero attached hydrogens (tertiary/aromatic N) is 1. The first-order valence-corrected chi connectivity index (χ1v) is 9.78. The van der Waals surface area contributed by atoms with Crippen LogP contribution in [0.25, 0.3) is 0 Å². The van der Waals surface area contributed by atoms with E-state index in [1.807, 2.05) is 44.2 Å². The van der Waals surface area contributed by atoms with E-state index in [0.717, 1.165) is 5.56 Å². The fraction of sp³-hybridized carbons (Fsp3) is 0.261. The molecule has 0 aliphatic carbocycles. The van der Waals surface area contributed by atoms with E-state index in [1.54, 1.807) is 23.6 Å². The second-order valence-electron chi connectivity index (χ2n) is 7.41. The number of amides is 2. The third-order valence-electron chi connectivity index (χ3n) is 4.51. The minimum atomic E-state index is -0.610. The van der Waals surface area contributed by atoms with Crippen LogP contribution in [0.1, 0.15) is 58.9 Å². The summed E-state index contributed by atoms with van der Waals surface area (Å²) in [4.78, 5) is 38.4. The van der Waals surface area contributed by atoms with Gasteiger partial charge in [0.05, 0.1) is 12.3 Å². The van der Waals surface area contributed by atoms with Crippen LogP contribution in [0, 0.1) is 0 Å². The average molecular weight is 407 g/mol. The highest BCUT2D eigenvalue weighted by atomic mass is 16.3. The van der Waals surface area contributed by atoms with Gasteiger partial charge in [-0.1, -0.05) is 30.3 Å². The Kier molecular flexibility index (Phi) is 6.51. The number of rotatable bonds is 7. The highest BCUT2D eigenvalue weighted by Crippen LogP contribution is 2.13. The maximum absolute atomic E-state index is 12.9. The first-order valence-electron chi connectivity index (χ1n) is 9.78. The van der Waals surface area contributed by atoms with Crippen molar-refractivity contribution >= 4 is 11.8 Å². The maximum atomic E-state index is 12.9. The van der Waals surface area contributed by atoms with Crippen molar-refractivity contribution in [3.63, 3.8) is 0 Å². The number of benzene rings is 1. The highest BCUT2D eigenvalue weighted by Gasteiger charge is 2.22. The predicted octanol–water partition coefficient (Wildman–Crippen LogP) is 3.12. The van der Waals surface area contributed by atoms with Gasteiger partial charge in [-0.15, -0.1) is 0 Å². The predicted molar refractivity (Wildman–Crippen MR) is 113 cm³/mol. The number of hydrogen-bond donors (Lipinski definition) is 2. The molecule has 0 radical (unpaired) electrons. The number of carbonyl (C=O) groups excluding carboxylic acids is 2. The lowest BCUT2D eigenvalue weighted by molar-refractivity contribution is 0.0933. The molecule has 0 unspecified atom stereocenters. The average Bonchev–Trinajstić information content (AvgIpc) is 3.24. The van der Waals surface area contributed by atoms with E-state index < -0.39 is 23.3 Å². The number of aromatic nitrogens is 1. The molecule has 0 saturated heterocycles. The van der Waals surface area contributed by atoms with E-state index in [0.29, 0.717) is 12.3 Å². The minimum Gasteiger partial charge on any atom is -0.467 e. The molecule has 7 nitrogen and oxygen atoms in total. The van der Waals surface area contributed by atoms with Gasteiger partial charge in [0.25, 0.3) is 11.8 Å². The van der Waals surface area contributed by atoms with E-state index >= 15 is 0 Å². The molecule has 3 aromatic rings. The summed E-state index contributed by atoms with van der Waals surface area (Å²) in [6, 6.07) is 12.5. The molecule has 156 valence electrons. The van der Waals surface area contributed by atoms with Crippen molar-refractivity contribution in [2.75, 3.05) is 0 Å². The van der Waals surface area contributed by atoms with Gasteiger partial charge in [0.2, 0.25) is 5.43 Å². The van der Waals surface area contributed by atoms with Crippen molar-refractivity contribution in [3.8, 4) is 0 Å². The van der Waals surface area contributed by atoms with E-state index in [2.05, 4.69) is 10.6 Å². The monoisotopic (exact) mass is 407 g/mol. The number of pyridine rings is 1. The number of nitrogens with one attached hydrogen (secondary N) is 2. The summed E-state index contributed by atoms with van der Waals surface area (Å²) in [5.74, 6) is -0.503. The molecule has 2 aromatic heterocycles. The Morgan fingerprint density at radius 1 is 0.933 bits per heavy atom. The highest BCUT2D eigenvalue weighted by molar-refractivity contribution is 5.99. The molecule has 1 aromatic carbocycles. The summed E-state index contributed by atoms with van der Waals surface area (Å²) in [6.45, 7) is 5.79. The SMILES string of the molecule is CC(C)NC(=O)c1cn(Cc2ccccc2)cc(C(=O)N[C@H](C)c2ccco2)c1=O.